The molecule has 11 aromatic rings. The predicted molar refractivity (Wildman–Crippen MR) is 216 cm³/mol. The van der Waals surface area contributed by atoms with E-state index in [0.29, 0.717) is 11.5 Å². The van der Waals surface area contributed by atoms with Crippen LogP contribution >= 0.6 is 0 Å². The van der Waals surface area contributed by atoms with Crippen molar-refractivity contribution in [3.63, 3.8) is 0 Å². The molecule has 260 valence electrons. The zero-order chi connectivity index (χ0) is 35.4. The molecule has 0 fully saturated rings. The Kier molecular flexibility index (Phi) is 7.24. The van der Waals surface area contributed by atoms with Gasteiger partial charge in [-0.05, 0) is 39.4 Å². The summed E-state index contributed by atoms with van der Waals surface area (Å²) in [5, 5.41) is 7.81. The maximum absolute atomic E-state index is 6.66. The number of rotatable bonds is 4. The number of aromatic nitrogens is 4. The predicted octanol–water partition coefficient (Wildman–Crippen LogP) is 12.2. The molecule has 0 aliphatic heterocycles. The molecule has 11 rings (SSSR count). The molecule has 5 nitrogen and oxygen atoms in total. The van der Waals surface area contributed by atoms with E-state index in [1.54, 1.807) is 0 Å². The average molecular weight is 876 g/mol. The van der Waals surface area contributed by atoms with Crippen LogP contribution in [0.2, 0.25) is 0 Å². The van der Waals surface area contributed by atoms with Crippen LogP contribution in [0.15, 0.2) is 140 Å². The van der Waals surface area contributed by atoms with Crippen LogP contribution in [0.3, 0.4) is 0 Å². The van der Waals surface area contributed by atoms with E-state index in [4.69, 9.17) is 14.7 Å². The first-order valence-electron chi connectivity index (χ1n) is 18.0. The van der Waals surface area contributed by atoms with Crippen molar-refractivity contribution >= 4 is 65.5 Å². The van der Waals surface area contributed by atoms with Crippen molar-refractivity contribution in [3.05, 3.63) is 157 Å². The topological polar surface area (TPSA) is 43.8 Å². The molecule has 0 unspecified atom stereocenters. The van der Waals surface area contributed by atoms with Crippen LogP contribution in [-0.2, 0) is 26.5 Å². The van der Waals surface area contributed by atoms with Crippen molar-refractivity contribution < 1.29 is 25.8 Å². The van der Waals surface area contributed by atoms with Gasteiger partial charge in [0.05, 0.1) is 17.0 Å². The fourth-order valence-corrected chi connectivity index (χ4v) is 8.39. The molecule has 0 aliphatic carbocycles. The summed E-state index contributed by atoms with van der Waals surface area (Å²) in [5.74, 6) is 1.21. The average Bonchev–Trinajstić information content (AvgIpc) is 3.86. The molecule has 0 N–H and O–H groups in total. The van der Waals surface area contributed by atoms with E-state index in [0.717, 1.165) is 66.4 Å². The summed E-state index contributed by atoms with van der Waals surface area (Å²) in [6, 6.07) is 53.8. The van der Waals surface area contributed by atoms with E-state index < -0.39 is 0 Å². The molecular formula is C48H32N4OPt. The van der Waals surface area contributed by atoms with Gasteiger partial charge in [0.15, 0.2) is 0 Å². The Morgan fingerprint density at radius 1 is 0.574 bits per heavy atom. The third-order valence-corrected chi connectivity index (χ3v) is 10.7. The molecule has 0 amide bonds. The van der Waals surface area contributed by atoms with Gasteiger partial charge in [-0.1, -0.05) is 140 Å². The summed E-state index contributed by atoms with van der Waals surface area (Å²) in [6.45, 7) is 6.78. The third-order valence-electron chi connectivity index (χ3n) is 10.7. The molecule has 5 aromatic heterocycles. The van der Waals surface area contributed by atoms with Crippen molar-refractivity contribution in [2.75, 3.05) is 0 Å². The van der Waals surface area contributed by atoms with Crippen LogP contribution < -0.4 is 4.74 Å². The first-order chi connectivity index (χ1) is 25.9. The second-order valence-corrected chi connectivity index (χ2v) is 14.9. The van der Waals surface area contributed by atoms with Crippen LogP contribution in [0.1, 0.15) is 26.3 Å². The monoisotopic (exact) mass is 875 g/mol. The molecular weight excluding hydrogens is 844 g/mol. The first kappa shape index (κ1) is 32.6. The van der Waals surface area contributed by atoms with E-state index in [9.17, 15) is 0 Å². The van der Waals surface area contributed by atoms with Gasteiger partial charge >= 0.3 is 21.1 Å². The maximum atomic E-state index is 6.66. The van der Waals surface area contributed by atoms with Gasteiger partial charge in [-0.3, -0.25) is 4.98 Å². The largest absolute Gasteiger partial charge is 2.00 e. The second-order valence-electron chi connectivity index (χ2n) is 14.9. The molecule has 0 saturated carbocycles. The van der Waals surface area contributed by atoms with Crippen molar-refractivity contribution in [1.29, 1.82) is 0 Å². The Hall–Kier alpha value is -6.03. The number of pyridine rings is 2. The molecule has 54 heavy (non-hydrogen) atoms. The SMILES string of the molecule is CC(C)(C)c1ccnc2c1c1cccc3c4ccc(Oc5[c-]c6c(cc5)c5ccccc5n5c(-c7ccccc7)c(-c7ccccc7)nc65)[c-]c4n2c31.[Pt+2]. The van der Waals surface area contributed by atoms with Gasteiger partial charge in [0.1, 0.15) is 5.65 Å². The zero-order valence-corrected chi connectivity index (χ0v) is 32.1. The number of imidazole rings is 1. The summed E-state index contributed by atoms with van der Waals surface area (Å²) < 4.78 is 11.2. The van der Waals surface area contributed by atoms with Crippen LogP contribution in [0.5, 0.6) is 11.5 Å². The first-order valence-corrected chi connectivity index (χ1v) is 18.0. The Morgan fingerprint density at radius 3 is 2.02 bits per heavy atom. The summed E-state index contributed by atoms with van der Waals surface area (Å²) in [6.07, 6.45) is 1.93. The van der Waals surface area contributed by atoms with Gasteiger partial charge in [-0.15, -0.1) is 29.7 Å². The van der Waals surface area contributed by atoms with Crippen LogP contribution in [0, 0.1) is 12.1 Å². The van der Waals surface area contributed by atoms with Gasteiger partial charge in [0.25, 0.3) is 0 Å². The molecule has 0 atom stereocenters. The van der Waals surface area contributed by atoms with Crippen molar-refractivity contribution in [1.82, 2.24) is 18.8 Å². The molecule has 5 heterocycles. The van der Waals surface area contributed by atoms with Crippen LogP contribution in [-0.4, -0.2) is 18.8 Å². The fraction of sp³-hybridized carbons (Fsp3) is 0.0833. The standard InChI is InChI=1S/C48H32N4O.Pt/c1-48(2,3)39-25-26-49-47-42(39)37-19-12-18-36-35-24-22-32(28-41(35)52(47)45(36)37)53-31-21-23-33-34-17-10-11-20-40(34)51-44(30-15-8-5-9-16-30)43(29-13-6-4-7-14-29)50-46(51)38(33)27-31;/h4-26H,1-3H3;/q-2;+2. The van der Waals surface area contributed by atoms with E-state index in [2.05, 4.69) is 157 Å². The van der Waals surface area contributed by atoms with Gasteiger partial charge in [-0.25, -0.2) is 4.98 Å². The number of fused-ring (bicyclic) bond motifs is 12. The fourth-order valence-electron chi connectivity index (χ4n) is 8.39. The number of ether oxygens (including phenoxy) is 1. The number of para-hydroxylation sites is 2. The quantitative estimate of drug-likeness (QED) is 0.131. The van der Waals surface area contributed by atoms with Crippen LogP contribution in [0.25, 0.3) is 88.1 Å². The van der Waals surface area contributed by atoms with Crippen LogP contribution in [0.4, 0.5) is 0 Å². The van der Waals surface area contributed by atoms with Gasteiger partial charge in [0, 0.05) is 45.1 Å². The Bertz CT molecular complexity index is 3230. The number of hydrogen-bond acceptors (Lipinski definition) is 3. The molecule has 6 heteroatoms. The Balaban J connectivity index is 0.00000361. The molecule has 0 spiro atoms. The maximum Gasteiger partial charge on any atom is 2.00 e. The normalized spacial score (nSPS) is 12.2. The van der Waals surface area contributed by atoms with E-state index in [1.165, 1.54) is 27.2 Å². The van der Waals surface area contributed by atoms with Crippen molar-refractivity contribution in [2.24, 2.45) is 0 Å². The van der Waals surface area contributed by atoms with E-state index in [1.807, 2.05) is 24.4 Å². The summed E-state index contributed by atoms with van der Waals surface area (Å²) >= 11 is 0. The summed E-state index contributed by atoms with van der Waals surface area (Å²) in [5.41, 5.74) is 10.4. The van der Waals surface area contributed by atoms with Gasteiger partial charge in [0.2, 0.25) is 0 Å². The van der Waals surface area contributed by atoms with Gasteiger partial charge < -0.3 is 13.5 Å². The van der Waals surface area contributed by atoms with Gasteiger partial charge in [-0.2, -0.15) is 6.07 Å². The second kappa shape index (κ2) is 12.0. The molecule has 0 aliphatic rings. The number of hydrogen-bond donors (Lipinski definition) is 0. The molecule has 0 bridgehead atoms. The number of nitrogens with zero attached hydrogens (tertiary/aromatic N) is 4. The molecule has 0 saturated heterocycles. The minimum absolute atomic E-state index is 0. The minimum atomic E-state index is -0.0335. The Labute approximate surface area is 326 Å². The smallest absolute Gasteiger partial charge is 0.503 e. The third kappa shape index (κ3) is 4.68. The number of benzene rings is 6. The molecule has 6 aromatic carbocycles. The van der Waals surface area contributed by atoms with E-state index in [-0.39, 0.29) is 26.5 Å². The molecule has 0 radical (unpaired) electrons. The van der Waals surface area contributed by atoms with E-state index >= 15 is 0 Å². The minimum Gasteiger partial charge on any atom is -0.503 e. The summed E-state index contributed by atoms with van der Waals surface area (Å²) in [4.78, 5) is 10.3. The zero-order valence-electron chi connectivity index (χ0n) is 29.8. The van der Waals surface area contributed by atoms with Crippen molar-refractivity contribution in [2.45, 2.75) is 26.2 Å². The summed E-state index contributed by atoms with van der Waals surface area (Å²) in [7, 11) is 0. The Morgan fingerprint density at radius 2 is 1.24 bits per heavy atom. The van der Waals surface area contributed by atoms with Crippen molar-refractivity contribution in [3.8, 4) is 34.0 Å².